The molecule has 0 spiro atoms. The Bertz CT molecular complexity index is 1420. The van der Waals surface area contributed by atoms with Crippen LogP contribution in [0.25, 0.3) is 21.8 Å². The van der Waals surface area contributed by atoms with Gasteiger partial charge in [0.15, 0.2) is 0 Å². The summed E-state index contributed by atoms with van der Waals surface area (Å²) in [7, 11) is 0. The lowest BCUT2D eigenvalue weighted by Crippen LogP contribution is -2.20. The molecule has 1 N–H and O–H groups in total. The maximum absolute atomic E-state index is 13.0. The van der Waals surface area contributed by atoms with Gasteiger partial charge in [-0.15, -0.1) is 0 Å². The van der Waals surface area contributed by atoms with E-state index in [4.69, 9.17) is 9.72 Å². The number of carbonyl (C=O) groups is 1. The Balaban J connectivity index is 1.44. The molecule has 164 valence electrons. The molecule has 1 aromatic heterocycles. The molecule has 4 aromatic carbocycles. The van der Waals surface area contributed by atoms with Crippen LogP contribution in [0.1, 0.15) is 18.3 Å². The van der Waals surface area contributed by atoms with Gasteiger partial charge in [-0.05, 0) is 59.7 Å². The van der Waals surface area contributed by atoms with Gasteiger partial charge in [-0.2, -0.15) is 0 Å². The van der Waals surface area contributed by atoms with Gasteiger partial charge in [-0.1, -0.05) is 54.6 Å². The summed E-state index contributed by atoms with van der Waals surface area (Å²) in [6, 6.07) is 30.1. The minimum Gasteiger partial charge on any atom is -0.494 e. The molecule has 1 amide bonds. The Hall–Kier alpha value is -4.12. The van der Waals surface area contributed by atoms with Gasteiger partial charge in [0.05, 0.1) is 17.6 Å². The molecule has 0 aliphatic rings. The first-order valence-electron chi connectivity index (χ1n) is 11.1. The van der Waals surface area contributed by atoms with Crippen molar-refractivity contribution in [2.75, 3.05) is 11.9 Å². The molecule has 0 unspecified atom stereocenters. The zero-order chi connectivity index (χ0) is 22.6. The van der Waals surface area contributed by atoms with Crippen LogP contribution in [0.2, 0.25) is 0 Å². The number of aromatic nitrogens is 2. The zero-order valence-corrected chi connectivity index (χ0v) is 18.5. The molecule has 0 radical (unpaired) electrons. The molecule has 0 aliphatic heterocycles. The highest BCUT2D eigenvalue weighted by atomic mass is 16.5. The average Bonchev–Trinajstić information content (AvgIpc) is 3.17. The van der Waals surface area contributed by atoms with Crippen molar-refractivity contribution in [2.45, 2.75) is 19.9 Å². The lowest BCUT2D eigenvalue weighted by molar-refractivity contribution is -0.116. The van der Waals surface area contributed by atoms with E-state index in [1.807, 2.05) is 66.1 Å². The van der Waals surface area contributed by atoms with E-state index >= 15 is 0 Å². The van der Waals surface area contributed by atoms with E-state index in [2.05, 4.69) is 41.7 Å². The van der Waals surface area contributed by atoms with Crippen molar-refractivity contribution in [3.63, 3.8) is 0 Å². The van der Waals surface area contributed by atoms with Crippen molar-refractivity contribution in [3.8, 4) is 5.75 Å². The largest absolute Gasteiger partial charge is 0.494 e. The van der Waals surface area contributed by atoms with E-state index in [1.165, 1.54) is 16.3 Å². The van der Waals surface area contributed by atoms with Crippen molar-refractivity contribution in [1.82, 2.24) is 9.55 Å². The van der Waals surface area contributed by atoms with Gasteiger partial charge in [0.1, 0.15) is 18.1 Å². The predicted molar refractivity (Wildman–Crippen MR) is 133 cm³/mol. The quantitative estimate of drug-likeness (QED) is 0.351. The molecule has 5 nitrogen and oxygen atoms in total. The summed E-state index contributed by atoms with van der Waals surface area (Å²) in [5.74, 6) is 1.56. The summed E-state index contributed by atoms with van der Waals surface area (Å²) >= 11 is 0. The smallest absolute Gasteiger partial charge is 0.244 e. The molecule has 0 aliphatic carbocycles. The number of ether oxygens (including phenoxy) is 1. The average molecular weight is 436 g/mol. The molecular formula is C28H25N3O2. The van der Waals surface area contributed by atoms with Crippen LogP contribution in [-0.4, -0.2) is 22.1 Å². The lowest BCUT2D eigenvalue weighted by atomic mass is 10.0. The molecular weight excluding hydrogens is 410 g/mol. The summed E-state index contributed by atoms with van der Waals surface area (Å²) in [6.45, 7) is 2.74. The monoisotopic (exact) mass is 435 g/mol. The standard InChI is InChI=1S/C28H25N3O2/c1-2-33-23-16-14-22(15-17-23)29-28(32)19-31-26-13-6-5-12-25(26)30-27(31)18-21-10-7-9-20-8-3-4-11-24(20)21/h3-17H,2,18-19H2,1H3,(H,29,32). The van der Waals surface area contributed by atoms with E-state index in [-0.39, 0.29) is 12.5 Å². The Morgan fingerprint density at radius 1 is 0.909 bits per heavy atom. The van der Waals surface area contributed by atoms with Crippen LogP contribution in [0.3, 0.4) is 0 Å². The van der Waals surface area contributed by atoms with Crippen LogP contribution in [-0.2, 0) is 17.8 Å². The summed E-state index contributed by atoms with van der Waals surface area (Å²) in [5, 5.41) is 5.40. The summed E-state index contributed by atoms with van der Waals surface area (Å²) < 4.78 is 7.49. The van der Waals surface area contributed by atoms with E-state index in [0.29, 0.717) is 13.0 Å². The first kappa shape index (κ1) is 20.8. The fourth-order valence-electron chi connectivity index (χ4n) is 4.20. The van der Waals surface area contributed by atoms with Crippen molar-refractivity contribution < 1.29 is 9.53 Å². The predicted octanol–water partition coefficient (Wildman–Crippen LogP) is 5.82. The number of nitrogens with zero attached hydrogens (tertiary/aromatic N) is 2. The number of amides is 1. The van der Waals surface area contributed by atoms with Crippen LogP contribution < -0.4 is 10.1 Å². The molecule has 5 aromatic rings. The van der Waals surface area contributed by atoms with Gasteiger partial charge in [0, 0.05) is 12.1 Å². The first-order chi connectivity index (χ1) is 16.2. The number of imidazole rings is 1. The number of fused-ring (bicyclic) bond motifs is 2. The Kier molecular flexibility index (Phi) is 5.77. The van der Waals surface area contributed by atoms with Gasteiger partial charge in [0.25, 0.3) is 0 Å². The number of benzene rings is 4. The topological polar surface area (TPSA) is 56.1 Å². The molecule has 0 atom stereocenters. The van der Waals surface area contributed by atoms with Crippen LogP contribution in [0.15, 0.2) is 91.0 Å². The van der Waals surface area contributed by atoms with Gasteiger partial charge >= 0.3 is 0 Å². The molecule has 33 heavy (non-hydrogen) atoms. The maximum atomic E-state index is 13.0. The second-order valence-corrected chi connectivity index (χ2v) is 7.92. The fraction of sp³-hybridized carbons (Fsp3) is 0.143. The van der Waals surface area contributed by atoms with E-state index in [9.17, 15) is 4.79 Å². The van der Waals surface area contributed by atoms with Crippen molar-refractivity contribution in [1.29, 1.82) is 0 Å². The summed E-state index contributed by atoms with van der Waals surface area (Å²) in [6.07, 6.45) is 0.645. The van der Waals surface area contributed by atoms with Crippen LogP contribution >= 0.6 is 0 Å². The van der Waals surface area contributed by atoms with Crippen molar-refractivity contribution >= 4 is 33.4 Å². The lowest BCUT2D eigenvalue weighted by Gasteiger charge is -2.12. The van der Waals surface area contributed by atoms with Crippen LogP contribution in [0.4, 0.5) is 5.69 Å². The number of para-hydroxylation sites is 2. The first-order valence-corrected chi connectivity index (χ1v) is 11.1. The second-order valence-electron chi connectivity index (χ2n) is 7.92. The normalized spacial score (nSPS) is 11.1. The van der Waals surface area contributed by atoms with Crippen molar-refractivity contribution in [3.05, 3.63) is 102 Å². The highest BCUT2D eigenvalue weighted by Crippen LogP contribution is 2.24. The number of hydrogen-bond acceptors (Lipinski definition) is 3. The molecule has 0 fully saturated rings. The molecule has 5 heteroatoms. The molecule has 0 saturated carbocycles. The van der Waals surface area contributed by atoms with Crippen LogP contribution in [0.5, 0.6) is 5.75 Å². The fourth-order valence-corrected chi connectivity index (χ4v) is 4.20. The Labute approximate surface area is 192 Å². The van der Waals surface area contributed by atoms with E-state index < -0.39 is 0 Å². The van der Waals surface area contributed by atoms with Crippen LogP contribution in [0, 0.1) is 0 Å². The van der Waals surface area contributed by atoms with Gasteiger partial charge in [-0.3, -0.25) is 4.79 Å². The Morgan fingerprint density at radius 2 is 1.67 bits per heavy atom. The summed E-state index contributed by atoms with van der Waals surface area (Å²) in [5.41, 5.74) is 3.77. The maximum Gasteiger partial charge on any atom is 0.244 e. The molecule has 0 saturated heterocycles. The molecule has 0 bridgehead atoms. The minimum absolute atomic E-state index is 0.0958. The number of anilines is 1. The minimum atomic E-state index is -0.0958. The third-order valence-corrected chi connectivity index (χ3v) is 5.71. The second kappa shape index (κ2) is 9.17. The SMILES string of the molecule is CCOc1ccc(NC(=O)Cn2c(Cc3cccc4ccccc34)nc3ccccc32)cc1. The Morgan fingerprint density at radius 3 is 2.52 bits per heavy atom. The summed E-state index contributed by atoms with van der Waals surface area (Å²) in [4.78, 5) is 17.8. The van der Waals surface area contributed by atoms with Gasteiger partial charge < -0.3 is 14.6 Å². The molecule has 1 heterocycles. The number of carbonyl (C=O) groups excluding carboxylic acids is 1. The third kappa shape index (κ3) is 4.44. The van der Waals surface area contributed by atoms with Gasteiger partial charge in [-0.25, -0.2) is 4.98 Å². The zero-order valence-electron chi connectivity index (χ0n) is 18.5. The number of nitrogens with one attached hydrogen (secondary N) is 1. The number of rotatable bonds is 7. The molecule has 5 rings (SSSR count). The number of hydrogen-bond donors (Lipinski definition) is 1. The third-order valence-electron chi connectivity index (χ3n) is 5.71. The van der Waals surface area contributed by atoms with Crippen molar-refractivity contribution in [2.24, 2.45) is 0 Å². The highest BCUT2D eigenvalue weighted by molar-refractivity contribution is 5.92. The van der Waals surface area contributed by atoms with E-state index in [1.54, 1.807) is 0 Å². The van der Waals surface area contributed by atoms with Gasteiger partial charge in [0.2, 0.25) is 5.91 Å². The van der Waals surface area contributed by atoms with E-state index in [0.717, 1.165) is 28.3 Å². The highest BCUT2D eigenvalue weighted by Gasteiger charge is 2.15.